The molecule has 0 aromatic heterocycles. The molecule has 0 saturated heterocycles. The fraction of sp³-hybridized carbons (Fsp3) is 0.444. The molecule has 3 aromatic carbocycles. The average molecular weight is 711 g/mol. The highest BCUT2D eigenvalue weighted by atomic mass is 32.2. The lowest BCUT2D eigenvalue weighted by atomic mass is 10.0. The fourth-order valence-electron chi connectivity index (χ4n) is 5.81. The SMILES string of the molecule is C[C@@H]1CCCCO[C@@H](CN(C)C(=O)Nc2ccc3c(c2)OCO3)[C@@H](C)CN([C@@H](C)CO)C(=O)c2cc(NS(=O)(=O)c3ccccc3)ccc2O1. The lowest BCUT2D eigenvalue weighted by Crippen LogP contribution is -2.48. The number of rotatable bonds is 8. The lowest BCUT2D eigenvalue weighted by Gasteiger charge is -2.35. The van der Waals surface area contributed by atoms with E-state index in [-0.39, 0.29) is 60.7 Å². The Bertz CT molecular complexity index is 1740. The molecule has 0 fully saturated rings. The van der Waals surface area contributed by atoms with Crippen LogP contribution in [0.25, 0.3) is 0 Å². The Kier molecular flexibility index (Phi) is 12.1. The van der Waals surface area contributed by atoms with E-state index in [2.05, 4.69) is 10.0 Å². The minimum Gasteiger partial charge on any atom is -0.490 e. The Morgan fingerprint density at radius 2 is 1.72 bits per heavy atom. The van der Waals surface area contributed by atoms with Gasteiger partial charge in [0.05, 0.1) is 35.3 Å². The molecule has 5 rings (SSSR count). The molecule has 0 bridgehead atoms. The van der Waals surface area contributed by atoms with Gasteiger partial charge in [-0.1, -0.05) is 25.1 Å². The molecule has 0 spiro atoms. The number of carbonyl (C=O) groups excluding carboxylic acids is 2. The van der Waals surface area contributed by atoms with Crippen LogP contribution in [0.2, 0.25) is 0 Å². The van der Waals surface area contributed by atoms with E-state index in [1.54, 1.807) is 67.4 Å². The number of benzene rings is 3. The van der Waals surface area contributed by atoms with Crippen molar-refractivity contribution in [3.63, 3.8) is 0 Å². The average Bonchev–Trinajstić information content (AvgIpc) is 3.57. The largest absolute Gasteiger partial charge is 0.490 e. The van der Waals surface area contributed by atoms with Gasteiger partial charge >= 0.3 is 6.03 Å². The van der Waals surface area contributed by atoms with Crippen molar-refractivity contribution in [2.45, 2.75) is 63.2 Å². The highest BCUT2D eigenvalue weighted by Crippen LogP contribution is 2.34. The minimum atomic E-state index is -3.93. The molecule has 0 aliphatic carbocycles. The standard InChI is InChI=1S/C36H46N4O9S/c1-24-20-40(25(2)22-41)35(42)30-18-28(38-50(44,45)29-11-6-5-7-12-29)14-15-31(30)49-26(3)10-8-9-17-46-34(24)21-39(4)36(43)37-27-13-16-32-33(19-27)48-23-47-32/h5-7,11-16,18-19,24-26,34,38,41H,8-10,17,20-23H2,1-4H3,(H,37,43)/t24-,25-,26+,34-/m0/s1. The van der Waals surface area contributed by atoms with Crippen LogP contribution in [0.5, 0.6) is 17.2 Å². The predicted molar refractivity (Wildman–Crippen MR) is 188 cm³/mol. The Balaban J connectivity index is 1.38. The van der Waals surface area contributed by atoms with Crippen molar-refractivity contribution < 1.29 is 42.1 Å². The van der Waals surface area contributed by atoms with E-state index in [1.807, 2.05) is 13.8 Å². The molecule has 270 valence electrons. The predicted octanol–water partition coefficient (Wildman–Crippen LogP) is 5.18. The normalized spacial score (nSPS) is 20.5. The zero-order valence-electron chi connectivity index (χ0n) is 28.8. The highest BCUT2D eigenvalue weighted by Gasteiger charge is 2.31. The number of sulfonamides is 1. The maximum Gasteiger partial charge on any atom is 0.321 e. The number of nitrogens with one attached hydrogen (secondary N) is 2. The molecule has 0 unspecified atom stereocenters. The molecule has 14 heteroatoms. The second-order valence-electron chi connectivity index (χ2n) is 12.8. The van der Waals surface area contributed by atoms with E-state index >= 15 is 0 Å². The van der Waals surface area contributed by atoms with Gasteiger partial charge in [0.25, 0.3) is 15.9 Å². The Hall–Kier alpha value is -4.53. The van der Waals surface area contributed by atoms with Crippen molar-refractivity contribution in [2.24, 2.45) is 5.92 Å². The minimum absolute atomic E-state index is 0.0845. The van der Waals surface area contributed by atoms with Crippen LogP contribution < -0.4 is 24.2 Å². The second-order valence-corrected chi connectivity index (χ2v) is 14.5. The number of nitrogens with zero attached hydrogens (tertiary/aromatic N) is 2. The molecule has 50 heavy (non-hydrogen) atoms. The van der Waals surface area contributed by atoms with Gasteiger partial charge in [-0.2, -0.15) is 0 Å². The lowest BCUT2D eigenvalue weighted by molar-refractivity contribution is -0.0115. The number of amides is 3. The maximum atomic E-state index is 14.4. The van der Waals surface area contributed by atoms with Crippen LogP contribution >= 0.6 is 0 Å². The summed E-state index contributed by atoms with van der Waals surface area (Å²) in [5, 5.41) is 13.1. The van der Waals surface area contributed by atoms with E-state index in [9.17, 15) is 23.1 Å². The van der Waals surface area contributed by atoms with Gasteiger partial charge in [0.1, 0.15) is 5.75 Å². The number of aliphatic hydroxyl groups excluding tert-OH is 1. The third kappa shape index (κ3) is 9.17. The number of likely N-dealkylation sites (N-methyl/N-ethyl adjacent to an activating group) is 1. The van der Waals surface area contributed by atoms with Crippen molar-refractivity contribution in [2.75, 3.05) is 50.2 Å². The Morgan fingerprint density at radius 1 is 1.00 bits per heavy atom. The number of hydrogen-bond donors (Lipinski definition) is 3. The summed E-state index contributed by atoms with van der Waals surface area (Å²) in [6.07, 6.45) is 1.54. The third-order valence-corrected chi connectivity index (χ3v) is 10.2. The number of carbonyl (C=O) groups is 2. The molecule has 13 nitrogen and oxygen atoms in total. The fourth-order valence-corrected chi connectivity index (χ4v) is 6.88. The molecule has 2 aliphatic heterocycles. The first-order valence-corrected chi connectivity index (χ1v) is 18.3. The topological polar surface area (TPSA) is 156 Å². The smallest absolute Gasteiger partial charge is 0.321 e. The zero-order chi connectivity index (χ0) is 35.8. The zero-order valence-corrected chi connectivity index (χ0v) is 29.6. The first-order chi connectivity index (χ1) is 23.9. The molecule has 3 amide bonds. The van der Waals surface area contributed by atoms with E-state index in [0.29, 0.717) is 36.0 Å². The summed E-state index contributed by atoms with van der Waals surface area (Å²) in [5.41, 5.74) is 0.909. The molecule has 2 aliphatic rings. The van der Waals surface area contributed by atoms with Crippen LogP contribution in [0.15, 0.2) is 71.6 Å². The van der Waals surface area contributed by atoms with Gasteiger partial charge in [-0.25, -0.2) is 13.2 Å². The number of ether oxygens (including phenoxy) is 4. The van der Waals surface area contributed by atoms with Crippen LogP contribution in [-0.4, -0.2) is 93.7 Å². The van der Waals surface area contributed by atoms with Crippen LogP contribution in [-0.2, 0) is 14.8 Å². The summed E-state index contributed by atoms with van der Waals surface area (Å²) in [6.45, 7) is 6.27. The number of aliphatic hydroxyl groups is 1. The number of urea groups is 1. The quantitative estimate of drug-likeness (QED) is 0.287. The number of anilines is 2. The number of hydrogen-bond acceptors (Lipinski definition) is 9. The monoisotopic (exact) mass is 710 g/mol. The molecule has 2 heterocycles. The summed E-state index contributed by atoms with van der Waals surface area (Å²) in [6, 6.07) is 16.8. The van der Waals surface area contributed by atoms with Crippen LogP contribution in [0, 0.1) is 5.92 Å². The summed E-state index contributed by atoms with van der Waals surface area (Å²) < 4.78 is 52.3. The Morgan fingerprint density at radius 3 is 2.48 bits per heavy atom. The molecule has 3 N–H and O–H groups in total. The molecule has 3 aromatic rings. The number of fused-ring (bicyclic) bond motifs is 2. The van der Waals surface area contributed by atoms with Gasteiger partial charge in [0.15, 0.2) is 11.5 Å². The van der Waals surface area contributed by atoms with Crippen molar-refractivity contribution in [1.29, 1.82) is 0 Å². The van der Waals surface area contributed by atoms with Crippen molar-refractivity contribution in [3.05, 3.63) is 72.3 Å². The Labute approximate surface area is 293 Å². The second kappa shape index (κ2) is 16.5. The maximum absolute atomic E-state index is 14.4. The third-order valence-electron chi connectivity index (χ3n) is 8.78. The van der Waals surface area contributed by atoms with E-state index in [1.165, 1.54) is 23.1 Å². The summed E-state index contributed by atoms with van der Waals surface area (Å²) in [5.74, 6) is 0.768. The molecule has 0 saturated carbocycles. The summed E-state index contributed by atoms with van der Waals surface area (Å²) in [7, 11) is -2.25. The van der Waals surface area contributed by atoms with Crippen LogP contribution in [0.1, 0.15) is 50.4 Å². The van der Waals surface area contributed by atoms with Crippen LogP contribution in [0.3, 0.4) is 0 Å². The summed E-state index contributed by atoms with van der Waals surface area (Å²) >= 11 is 0. The molecular weight excluding hydrogens is 664 g/mol. The highest BCUT2D eigenvalue weighted by molar-refractivity contribution is 7.92. The van der Waals surface area contributed by atoms with E-state index in [0.717, 1.165) is 12.8 Å². The van der Waals surface area contributed by atoms with Crippen molar-refractivity contribution in [1.82, 2.24) is 9.80 Å². The van der Waals surface area contributed by atoms with E-state index < -0.39 is 28.1 Å². The van der Waals surface area contributed by atoms with Crippen LogP contribution in [0.4, 0.5) is 16.2 Å². The van der Waals surface area contributed by atoms with Crippen molar-refractivity contribution >= 4 is 33.3 Å². The summed E-state index contributed by atoms with van der Waals surface area (Å²) in [4.78, 5) is 30.8. The van der Waals surface area contributed by atoms with Gasteiger partial charge < -0.3 is 39.2 Å². The van der Waals surface area contributed by atoms with Gasteiger partial charge in [0.2, 0.25) is 6.79 Å². The van der Waals surface area contributed by atoms with E-state index in [4.69, 9.17) is 18.9 Å². The first-order valence-electron chi connectivity index (χ1n) is 16.8. The molecule has 4 atom stereocenters. The van der Waals surface area contributed by atoms with Crippen molar-refractivity contribution in [3.8, 4) is 17.2 Å². The van der Waals surface area contributed by atoms with Gasteiger partial charge in [-0.15, -0.1) is 0 Å². The van der Waals surface area contributed by atoms with Gasteiger partial charge in [-0.3, -0.25) is 9.52 Å². The van der Waals surface area contributed by atoms with Gasteiger partial charge in [0, 0.05) is 50.1 Å². The van der Waals surface area contributed by atoms with Gasteiger partial charge in [-0.05, 0) is 75.6 Å². The first kappa shape index (κ1) is 36.7. The molecule has 0 radical (unpaired) electrons. The molecular formula is C36H46N4O9S.